The molecule has 0 bridgehead atoms. The van der Waals surface area contributed by atoms with Gasteiger partial charge in [0.1, 0.15) is 41.5 Å². The summed E-state index contributed by atoms with van der Waals surface area (Å²) in [4.78, 5) is 17.3. The number of ether oxygens (including phenoxy) is 4. The zero-order valence-corrected chi connectivity index (χ0v) is 21.8. The number of carbonyl (C=O) groups is 1. The molecule has 0 amide bonds. The topological polar surface area (TPSA) is 102 Å². The molecule has 1 atom stereocenters. The van der Waals surface area contributed by atoms with Crippen LogP contribution in [0.3, 0.4) is 0 Å². The lowest BCUT2D eigenvalue weighted by Crippen LogP contribution is -2.22. The van der Waals surface area contributed by atoms with E-state index in [4.69, 9.17) is 24.1 Å². The number of nitrogens with one attached hydrogen (secondary N) is 2. The Morgan fingerprint density at radius 2 is 1.82 bits per heavy atom. The molecule has 1 unspecified atom stereocenters. The number of aliphatic hydroxyl groups excluding tert-OH is 1. The molecule has 4 aromatic rings. The number of hydrogen-bond acceptors (Lipinski definition) is 7. The normalized spacial score (nSPS) is 11.7. The molecule has 4 rings (SSSR count). The first-order valence-electron chi connectivity index (χ1n) is 12.2. The van der Waals surface area contributed by atoms with E-state index in [0.29, 0.717) is 34.9 Å². The van der Waals surface area contributed by atoms with Gasteiger partial charge in [-0.25, -0.2) is 4.39 Å². The number of benzene rings is 3. The predicted octanol–water partition coefficient (Wildman–Crippen LogP) is 5.44. The van der Waals surface area contributed by atoms with Crippen molar-refractivity contribution in [1.29, 1.82) is 0 Å². The molecule has 200 valence electrons. The molecule has 0 spiro atoms. The Morgan fingerprint density at radius 3 is 2.53 bits per heavy atom. The van der Waals surface area contributed by atoms with Crippen molar-refractivity contribution in [3.8, 4) is 23.0 Å². The van der Waals surface area contributed by atoms with E-state index >= 15 is 0 Å². The van der Waals surface area contributed by atoms with Crippen LogP contribution in [0.4, 0.5) is 10.1 Å². The van der Waals surface area contributed by atoms with Gasteiger partial charge in [0, 0.05) is 64.2 Å². The summed E-state index contributed by atoms with van der Waals surface area (Å²) >= 11 is 0. The second-order valence-corrected chi connectivity index (χ2v) is 8.60. The number of rotatable bonds is 12. The van der Waals surface area contributed by atoms with Crippen LogP contribution >= 0.6 is 0 Å². The lowest BCUT2D eigenvalue weighted by molar-refractivity contribution is 0.0970. The van der Waals surface area contributed by atoms with Crippen LogP contribution < -0.4 is 24.3 Å². The van der Waals surface area contributed by atoms with E-state index in [0.717, 1.165) is 22.2 Å². The third-order valence-electron chi connectivity index (χ3n) is 6.10. The third-order valence-corrected chi connectivity index (χ3v) is 6.10. The number of methoxy groups -OCH3 is 2. The average Bonchev–Trinajstić information content (AvgIpc) is 3.32. The summed E-state index contributed by atoms with van der Waals surface area (Å²) in [6.45, 7) is 4.31. The van der Waals surface area contributed by atoms with Crippen LogP contribution in [0.15, 0.2) is 54.7 Å². The molecule has 0 saturated carbocycles. The Labute approximate surface area is 220 Å². The van der Waals surface area contributed by atoms with Crippen molar-refractivity contribution in [2.75, 3.05) is 39.4 Å². The third kappa shape index (κ3) is 5.68. The molecule has 0 aliphatic rings. The Kier molecular flexibility index (Phi) is 8.38. The minimum atomic E-state index is -0.950. The van der Waals surface area contributed by atoms with Crippen LogP contribution in [0.5, 0.6) is 23.0 Å². The van der Waals surface area contributed by atoms with Crippen molar-refractivity contribution in [3.63, 3.8) is 0 Å². The van der Waals surface area contributed by atoms with Crippen LogP contribution in [0.25, 0.3) is 10.9 Å². The molecule has 0 fully saturated rings. The second-order valence-electron chi connectivity index (χ2n) is 8.60. The van der Waals surface area contributed by atoms with Crippen molar-refractivity contribution in [1.82, 2.24) is 4.98 Å². The zero-order chi connectivity index (χ0) is 27.2. The van der Waals surface area contributed by atoms with Crippen molar-refractivity contribution >= 4 is 22.4 Å². The lowest BCUT2D eigenvalue weighted by atomic mass is 9.95. The van der Waals surface area contributed by atoms with E-state index in [9.17, 15) is 9.18 Å². The van der Waals surface area contributed by atoms with Gasteiger partial charge >= 0.3 is 0 Å². The Hall–Kier alpha value is -4.24. The van der Waals surface area contributed by atoms with Crippen molar-refractivity contribution in [2.45, 2.75) is 19.9 Å². The van der Waals surface area contributed by atoms with Crippen LogP contribution in [0, 0.1) is 12.7 Å². The van der Waals surface area contributed by atoms with Gasteiger partial charge in [0.25, 0.3) is 0 Å². The van der Waals surface area contributed by atoms with Gasteiger partial charge in [-0.05, 0) is 37.6 Å². The summed E-state index contributed by atoms with van der Waals surface area (Å²) < 4.78 is 36.2. The number of aromatic amines is 1. The van der Waals surface area contributed by atoms with Crippen LogP contribution in [0.1, 0.15) is 34.5 Å². The molecule has 0 saturated heterocycles. The lowest BCUT2D eigenvalue weighted by Gasteiger charge is -2.22. The highest BCUT2D eigenvalue weighted by Gasteiger charge is 2.28. The molecule has 3 N–H and O–H groups in total. The number of halogens is 1. The van der Waals surface area contributed by atoms with Crippen LogP contribution in [-0.2, 0) is 0 Å². The molecule has 0 aliphatic heterocycles. The quantitative estimate of drug-likeness (QED) is 0.213. The number of carbonyl (C=O) groups excluding carboxylic acids is 1. The Balaban J connectivity index is 1.81. The number of aliphatic hydroxyl groups is 1. The molecule has 38 heavy (non-hydrogen) atoms. The average molecular weight is 523 g/mol. The predicted molar refractivity (Wildman–Crippen MR) is 143 cm³/mol. The first-order valence-corrected chi connectivity index (χ1v) is 12.2. The van der Waals surface area contributed by atoms with Gasteiger partial charge in [-0.3, -0.25) is 4.79 Å². The fourth-order valence-electron chi connectivity index (χ4n) is 4.32. The molecule has 8 nitrogen and oxygen atoms in total. The van der Waals surface area contributed by atoms with Crippen LogP contribution in [-0.4, -0.2) is 49.9 Å². The molecule has 9 heteroatoms. The number of H-pyrrole nitrogens is 1. The van der Waals surface area contributed by atoms with E-state index in [2.05, 4.69) is 10.3 Å². The van der Waals surface area contributed by atoms with E-state index in [1.54, 1.807) is 24.4 Å². The summed E-state index contributed by atoms with van der Waals surface area (Å²) in [6.07, 6.45) is 1.66. The van der Waals surface area contributed by atoms with Gasteiger partial charge in [0.2, 0.25) is 0 Å². The summed E-state index contributed by atoms with van der Waals surface area (Å²) in [5.41, 5.74) is 3.09. The molecule has 1 heterocycles. The minimum Gasteiger partial charge on any atom is -0.497 e. The second kappa shape index (κ2) is 11.9. The van der Waals surface area contributed by atoms with Crippen molar-refractivity contribution in [2.24, 2.45) is 0 Å². The molecule has 3 aromatic carbocycles. The maximum atomic E-state index is 14.2. The van der Waals surface area contributed by atoms with Gasteiger partial charge in [-0.15, -0.1) is 0 Å². The molecular weight excluding hydrogens is 491 g/mol. The maximum Gasteiger partial charge on any atom is 0.191 e. The number of fused-ring (bicyclic) bond motifs is 1. The number of Topliss-reactive ketones (excluding diaryl/α,β-unsaturated/α-hetero) is 1. The summed E-state index contributed by atoms with van der Waals surface area (Å²) in [5.74, 6) is 1.16. The summed E-state index contributed by atoms with van der Waals surface area (Å²) in [7, 11) is 2.95. The van der Waals surface area contributed by atoms with Gasteiger partial charge in [0.15, 0.2) is 5.78 Å². The number of aryl methyl sites for hydroxylation is 1. The zero-order valence-electron chi connectivity index (χ0n) is 21.8. The highest BCUT2D eigenvalue weighted by Crippen LogP contribution is 2.36. The van der Waals surface area contributed by atoms with Crippen molar-refractivity contribution < 1.29 is 33.2 Å². The van der Waals surface area contributed by atoms with Gasteiger partial charge < -0.3 is 34.4 Å². The number of aromatic nitrogens is 1. The SMILES string of the molecule is CCOc1cc2[nH]cc(C(=O)C(Nc3cc(OC)cc(OCCO)c3)c3ccc(F)cc3OC)c2cc1C. The minimum absolute atomic E-state index is 0.0964. The van der Waals surface area contributed by atoms with Gasteiger partial charge in [0.05, 0.1) is 27.4 Å². The highest BCUT2D eigenvalue weighted by molar-refractivity contribution is 6.12. The van der Waals surface area contributed by atoms with E-state index in [1.165, 1.54) is 32.4 Å². The first kappa shape index (κ1) is 26.8. The summed E-state index contributed by atoms with van der Waals surface area (Å²) in [6, 6.07) is 12.0. The molecule has 1 aromatic heterocycles. The Bertz CT molecular complexity index is 1430. The molecule has 0 radical (unpaired) electrons. The van der Waals surface area contributed by atoms with Crippen molar-refractivity contribution in [3.05, 3.63) is 77.2 Å². The number of anilines is 1. The van der Waals surface area contributed by atoms with Gasteiger partial charge in [-0.1, -0.05) is 0 Å². The van der Waals surface area contributed by atoms with Gasteiger partial charge in [-0.2, -0.15) is 0 Å². The number of ketones is 1. The van der Waals surface area contributed by atoms with E-state index < -0.39 is 11.9 Å². The smallest absolute Gasteiger partial charge is 0.191 e. The van der Waals surface area contributed by atoms with Crippen LogP contribution in [0.2, 0.25) is 0 Å². The Morgan fingerprint density at radius 1 is 1.03 bits per heavy atom. The highest BCUT2D eigenvalue weighted by atomic mass is 19.1. The number of hydrogen-bond donors (Lipinski definition) is 3. The fraction of sp³-hybridized carbons (Fsp3) is 0.276. The van der Waals surface area contributed by atoms with E-state index in [1.807, 2.05) is 26.0 Å². The fourth-order valence-corrected chi connectivity index (χ4v) is 4.32. The maximum absolute atomic E-state index is 14.2. The largest absolute Gasteiger partial charge is 0.497 e. The standard InChI is InChI=1S/C29H31FN2O6/c1-5-37-26-15-25-23(10-17(26)2)24(16-31-25)29(34)28(22-7-6-18(30)11-27(22)36-4)32-19-12-20(35-3)14-21(13-19)38-9-8-33/h6-7,10-16,28,31-33H,5,8-9H2,1-4H3. The molecule has 0 aliphatic carbocycles. The monoisotopic (exact) mass is 522 g/mol. The summed E-state index contributed by atoms with van der Waals surface area (Å²) in [5, 5.41) is 13.2. The molecular formula is C29H31FN2O6. The first-order chi connectivity index (χ1) is 18.4. The van der Waals surface area contributed by atoms with E-state index in [-0.39, 0.29) is 24.7 Å².